The van der Waals surface area contributed by atoms with Gasteiger partial charge in [-0.25, -0.2) is 4.39 Å². The highest BCUT2D eigenvalue weighted by Gasteiger charge is 2.35. The van der Waals surface area contributed by atoms with Crippen LogP contribution in [-0.4, -0.2) is 18.2 Å². The van der Waals surface area contributed by atoms with Crippen molar-refractivity contribution in [1.29, 1.82) is 0 Å². The summed E-state index contributed by atoms with van der Waals surface area (Å²) < 4.78 is 13.6. The summed E-state index contributed by atoms with van der Waals surface area (Å²) in [5.74, 6) is -1.27. The number of hydrogen-bond donors (Lipinski definition) is 0. The van der Waals surface area contributed by atoms with Crippen LogP contribution in [0.4, 0.5) is 10.1 Å². The standard InChI is InChI=1S/C16H20FNO2/c1-10(2)15(19)13-5-4-8-18(16(13)20)12-7-6-11(3)14(17)9-12/h6-7,9-10,13H,4-5,8H2,1-3H3/t13-/m0/s1. The number of carbonyl (C=O) groups is 2. The van der Waals surface area contributed by atoms with Gasteiger partial charge < -0.3 is 4.90 Å². The Kier molecular flexibility index (Phi) is 4.21. The van der Waals surface area contributed by atoms with E-state index in [-0.39, 0.29) is 23.4 Å². The van der Waals surface area contributed by atoms with Gasteiger partial charge in [0.1, 0.15) is 11.6 Å². The number of Topliss-reactive ketones (excluding diaryl/α,β-unsaturated/α-hetero) is 1. The molecule has 1 heterocycles. The second-order valence-corrected chi connectivity index (χ2v) is 5.68. The van der Waals surface area contributed by atoms with Gasteiger partial charge in [0.2, 0.25) is 5.91 Å². The largest absolute Gasteiger partial charge is 0.312 e. The summed E-state index contributed by atoms with van der Waals surface area (Å²) in [7, 11) is 0. The van der Waals surface area contributed by atoms with E-state index in [1.165, 1.54) is 11.0 Å². The number of halogens is 1. The SMILES string of the molecule is Cc1ccc(N2CCC[C@@H](C(=O)C(C)C)C2=O)cc1F. The molecule has 1 aromatic carbocycles. The molecule has 1 aliphatic heterocycles. The summed E-state index contributed by atoms with van der Waals surface area (Å²) in [6.45, 7) is 5.84. The lowest BCUT2D eigenvalue weighted by Crippen LogP contribution is -2.45. The van der Waals surface area contributed by atoms with Crippen LogP contribution in [-0.2, 0) is 9.59 Å². The van der Waals surface area contributed by atoms with Crippen molar-refractivity contribution in [3.63, 3.8) is 0 Å². The van der Waals surface area contributed by atoms with Crippen LogP contribution in [0.15, 0.2) is 18.2 Å². The Morgan fingerprint density at radius 2 is 2.10 bits per heavy atom. The Morgan fingerprint density at radius 1 is 1.40 bits per heavy atom. The van der Waals surface area contributed by atoms with Crippen molar-refractivity contribution in [2.45, 2.75) is 33.6 Å². The van der Waals surface area contributed by atoms with Crippen LogP contribution >= 0.6 is 0 Å². The topological polar surface area (TPSA) is 37.4 Å². The second-order valence-electron chi connectivity index (χ2n) is 5.68. The lowest BCUT2D eigenvalue weighted by Gasteiger charge is -2.32. The van der Waals surface area contributed by atoms with Crippen molar-refractivity contribution >= 4 is 17.4 Å². The number of carbonyl (C=O) groups excluding carboxylic acids is 2. The molecule has 1 fully saturated rings. The minimum Gasteiger partial charge on any atom is -0.312 e. The van der Waals surface area contributed by atoms with E-state index < -0.39 is 5.92 Å². The third-order valence-corrected chi connectivity index (χ3v) is 3.82. The first-order valence-corrected chi connectivity index (χ1v) is 7.03. The average molecular weight is 277 g/mol. The molecule has 0 spiro atoms. The smallest absolute Gasteiger partial charge is 0.237 e. The number of aryl methyl sites for hydroxylation is 1. The van der Waals surface area contributed by atoms with Crippen LogP contribution in [0.5, 0.6) is 0 Å². The summed E-state index contributed by atoms with van der Waals surface area (Å²) in [6.07, 6.45) is 1.37. The fourth-order valence-corrected chi connectivity index (χ4v) is 2.55. The molecular weight excluding hydrogens is 257 g/mol. The molecule has 0 unspecified atom stereocenters. The maximum atomic E-state index is 13.6. The molecule has 108 valence electrons. The zero-order valence-corrected chi connectivity index (χ0v) is 12.1. The number of ketones is 1. The fraction of sp³-hybridized carbons (Fsp3) is 0.500. The van der Waals surface area contributed by atoms with Crippen LogP contribution in [0.1, 0.15) is 32.3 Å². The number of benzene rings is 1. The molecule has 3 nitrogen and oxygen atoms in total. The molecule has 0 N–H and O–H groups in total. The number of rotatable bonds is 3. The molecule has 2 rings (SSSR count). The van der Waals surface area contributed by atoms with Crippen LogP contribution in [0.3, 0.4) is 0 Å². The first kappa shape index (κ1) is 14.7. The summed E-state index contributed by atoms with van der Waals surface area (Å²) in [5.41, 5.74) is 1.09. The van der Waals surface area contributed by atoms with Gasteiger partial charge in [0.05, 0.1) is 5.92 Å². The molecule has 0 bridgehead atoms. The third kappa shape index (κ3) is 2.74. The number of amides is 1. The normalized spacial score (nSPS) is 19.6. The van der Waals surface area contributed by atoms with E-state index in [0.29, 0.717) is 24.2 Å². The lowest BCUT2D eigenvalue weighted by molar-refractivity contribution is -0.135. The van der Waals surface area contributed by atoms with Gasteiger partial charge in [0.15, 0.2) is 0 Å². The molecule has 0 aromatic heterocycles. The quantitative estimate of drug-likeness (QED) is 0.796. The maximum absolute atomic E-state index is 13.6. The van der Waals surface area contributed by atoms with E-state index in [1.807, 2.05) is 0 Å². The van der Waals surface area contributed by atoms with Gasteiger partial charge in [0, 0.05) is 18.2 Å². The Hall–Kier alpha value is -1.71. The average Bonchev–Trinajstić information content (AvgIpc) is 2.41. The molecule has 1 saturated heterocycles. The van der Waals surface area contributed by atoms with Gasteiger partial charge in [-0.2, -0.15) is 0 Å². The van der Waals surface area contributed by atoms with E-state index in [2.05, 4.69) is 0 Å². The van der Waals surface area contributed by atoms with E-state index in [9.17, 15) is 14.0 Å². The molecule has 1 aliphatic rings. The van der Waals surface area contributed by atoms with Gasteiger partial charge in [-0.05, 0) is 37.5 Å². The highest BCUT2D eigenvalue weighted by molar-refractivity contribution is 6.09. The van der Waals surface area contributed by atoms with E-state index in [0.717, 1.165) is 6.42 Å². The molecule has 0 aliphatic carbocycles. The highest BCUT2D eigenvalue weighted by Crippen LogP contribution is 2.27. The summed E-state index contributed by atoms with van der Waals surface area (Å²) in [4.78, 5) is 26.1. The fourth-order valence-electron chi connectivity index (χ4n) is 2.55. The van der Waals surface area contributed by atoms with Gasteiger partial charge >= 0.3 is 0 Å². The molecule has 20 heavy (non-hydrogen) atoms. The van der Waals surface area contributed by atoms with E-state index in [4.69, 9.17) is 0 Å². The zero-order valence-electron chi connectivity index (χ0n) is 12.1. The number of anilines is 1. The predicted octanol–water partition coefficient (Wildman–Crippen LogP) is 3.10. The Balaban J connectivity index is 2.26. The minimum atomic E-state index is -0.576. The number of nitrogens with zero attached hydrogens (tertiary/aromatic N) is 1. The molecule has 0 radical (unpaired) electrons. The van der Waals surface area contributed by atoms with Gasteiger partial charge in [0.25, 0.3) is 0 Å². The predicted molar refractivity (Wildman–Crippen MR) is 76.1 cm³/mol. The Labute approximate surface area is 118 Å². The van der Waals surface area contributed by atoms with Crippen LogP contribution in [0, 0.1) is 24.6 Å². The molecule has 1 aromatic rings. The van der Waals surface area contributed by atoms with Gasteiger partial charge in [-0.1, -0.05) is 19.9 Å². The van der Waals surface area contributed by atoms with Crippen molar-refractivity contribution in [2.75, 3.05) is 11.4 Å². The third-order valence-electron chi connectivity index (χ3n) is 3.82. The molecule has 1 amide bonds. The number of piperidine rings is 1. The van der Waals surface area contributed by atoms with Gasteiger partial charge in [-0.15, -0.1) is 0 Å². The van der Waals surface area contributed by atoms with Crippen molar-refractivity contribution in [3.8, 4) is 0 Å². The molecule has 4 heteroatoms. The first-order valence-electron chi connectivity index (χ1n) is 7.03. The second kappa shape index (κ2) is 5.73. The molecule has 0 saturated carbocycles. The van der Waals surface area contributed by atoms with Crippen molar-refractivity contribution in [3.05, 3.63) is 29.6 Å². The highest BCUT2D eigenvalue weighted by atomic mass is 19.1. The lowest BCUT2D eigenvalue weighted by atomic mass is 9.87. The summed E-state index contributed by atoms with van der Waals surface area (Å²) in [6, 6.07) is 4.76. The van der Waals surface area contributed by atoms with E-state index in [1.54, 1.807) is 32.9 Å². The summed E-state index contributed by atoms with van der Waals surface area (Å²) in [5, 5.41) is 0. The number of hydrogen-bond acceptors (Lipinski definition) is 2. The van der Waals surface area contributed by atoms with E-state index >= 15 is 0 Å². The first-order chi connectivity index (χ1) is 9.41. The Bertz CT molecular complexity index is 539. The van der Waals surface area contributed by atoms with Crippen molar-refractivity contribution < 1.29 is 14.0 Å². The zero-order chi connectivity index (χ0) is 14.9. The maximum Gasteiger partial charge on any atom is 0.237 e. The molecular formula is C16H20FNO2. The van der Waals surface area contributed by atoms with Crippen LogP contribution in [0.25, 0.3) is 0 Å². The van der Waals surface area contributed by atoms with Crippen molar-refractivity contribution in [2.24, 2.45) is 11.8 Å². The Morgan fingerprint density at radius 3 is 2.70 bits per heavy atom. The monoisotopic (exact) mass is 277 g/mol. The molecule has 1 atom stereocenters. The van der Waals surface area contributed by atoms with Gasteiger partial charge in [-0.3, -0.25) is 9.59 Å². The van der Waals surface area contributed by atoms with Crippen LogP contribution in [0.2, 0.25) is 0 Å². The minimum absolute atomic E-state index is 0.0210. The summed E-state index contributed by atoms with van der Waals surface area (Å²) >= 11 is 0. The van der Waals surface area contributed by atoms with Crippen molar-refractivity contribution in [1.82, 2.24) is 0 Å². The van der Waals surface area contributed by atoms with Crippen LogP contribution < -0.4 is 4.90 Å².